The Hall–Kier alpha value is -8.16. The number of nitrogens with two attached hydrogens (primary N) is 1. The van der Waals surface area contributed by atoms with Gasteiger partial charge in [-0.15, -0.1) is 0 Å². The lowest BCUT2D eigenvalue weighted by Gasteiger charge is -2.40. The number of imidazole rings is 2. The molecule has 2 amide bonds. The van der Waals surface area contributed by atoms with Gasteiger partial charge in [-0.3, -0.25) is 0 Å². The highest BCUT2D eigenvalue weighted by molar-refractivity contribution is 8.00. The molecule has 2 spiro atoms. The van der Waals surface area contributed by atoms with Crippen molar-refractivity contribution in [1.29, 1.82) is 0 Å². The maximum absolute atomic E-state index is 13.3. The molecule has 6 aliphatic heterocycles. The molecule has 0 aliphatic carbocycles. The minimum absolute atomic E-state index is 0. The SMILES string of the molecule is C.C[C@H](N)c1ncn2c1CCc1cc(C(F)(F)F)ccc1-2.C[C@H](Nc1nccc(N2C(=O)OC3(COC3)[C@@H]2c2ccccc2)n1)c1ncn2c1CCc1cc(C(F)(F)F)ccc1-2.O=C1OC2(COC2)[C@H](c2ccccc2)N1c1ccnc(F)n1.[B]B([B])B(B([B])[B])B([B])[B]. The highest BCUT2D eigenvalue weighted by atomic mass is 19.4. The molecule has 14 rings (SSSR count). The van der Waals surface area contributed by atoms with Crippen molar-refractivity contribution in [3.05, 3.63) is 196 Å². The van der Waals surface area contributed by atoms with E-state index in [4.69, 9.17) is 71.1 Å². The van der Waals surface area contributed by atoms with Gasteiger partial charge in [-0.2, -0.15) is 40.7 Å². The van der Waals surface area contributed by atoms with Crippen molar-refractivity contribution in [1.82, 2.24) is 39.0 Å². The molecule has 10 heterocycles. The normalized spacial score (nSPS) is 18.1. The minimum atomic E-state index is -4.39. The number of fused-ring (bicyclic) bond motifs is 6. The van der Waals surface area contributed by atoms with Gasteiger partial charge in [-0.25, -0.2) is 39.3 Å². The average Bonchev–Trinajstić information content (AvgIpc) is 1.57. The van der Waals surface area contributed by atoms with Gasteiger partial charge >= 0.3 is 30.6 Å². The predicted molar refractivity (Wildman–Crippen MR) is 348 cm³/mol. The van der Waals surface area contributed by atoms with Crippen molar-refractivity contribution in [2.75, 3.05) is 41.5 Å². The van der Waals surface area contributed by atoms with E-state index in [1.54, 1.807) is 29.8 Å². The van der Waals surface area contributed by atoms with Crippen LogP contribution in [0.3, 0.4) is 0 Å². The van der Waals surface area contributed by atoms with Crippen molar-refractivity contribution >= 4 is 102 Å². The number of carbonyl (C=O) groups is 2. The van der Waals surface area contributed by atoms with Gasteiger partial charge in [0.2, 0.25) is 5.95 Å². The number of carbonyl (C=O) groups excluding carboxylic acids is 2. The van der Waals surface area contributed by atoms with Crippen molar-refractivity contribution in [3.63, 3.8) is 0 Å². The third kappa shape index (κ3) is 13.8. The summed E-state index contributed by atoms with van der Waals surface area (Å²) in [7, 11) is 31.8. The quantitative estimate of drug-likeness (QED) is 0.0740. The fourth-order valence-corrected chi connectivity index (χ4v) is 12.3. The molecule has 4 atom stereocenters. The first-order valence-corrected chi connectivity index (χ1v) is 29.5. The summed E-state index contributed by atoms with van der Waals surface area (Å²) in [5.74, 6) is 0.863. The first-order chi connectivity index (χ1) is 44.3. The van der Waals surface area contributed by atoms with E-state index in [1.165, 1.54) is 41.4 Å². The molecule has 12 radical (unpaired) electrons. The van der Waals surface area contributed by atoms with Gasteiger partial charge in [-0.1, -0.05) is 68.1 Å². The van der Waals surface area contributed by atoms with Crippen LogP contribution in [0.15, 0.2) is 134 Å². The Kier molecular flexibility index (Phi) is 20.2. The Balaban J connectivity index is 0.000000153. The maximum atomic E-state index is 13.3. The number of hydrogen-bond acceptors (Lipinski definition) is 14. The lowest BCUT2D eigenvalue weighted by Crippen LogP contribution is -2.62. The molecule has 0 unspecified atom stereocenters. The van der Waals surface area contributed by atoms with Gasteiger partial charge < -0.3 is 39.1 Å². The minimum Gasteiger partial charge on any atom is -0.435 e. The van der Waals surface area contributed by atoms with Crippen LogP contribution in [0.25, 0.3) is 11.4 Å². The summed E-state index contributed by atoms with van der Waals surface area (Å²) in [4.78, 5) is 53.4. The number of aromatic nitrogens is 8. The van der Waals surface area contributed by atoms with Crippen LogP contribution in [0.5, 0.6) is 0 Å². The molecule has 94 heavy (non-hydrogen) atoms. The van der Waals surface area contributed by atoms with Crippen molar-refractivity contribution < 1.29 is 59.3 Å². The van der Waals surface area contributed by atoms with Crippen LogP contribution in [-0.4, -0.2) is 161 Å². The van der Waals surface area contributed by atoms with Crippen molar-refractivity contribution in [2.24, 2.45) is 5.73 Å². The van der Waals surface area contributed by atoms with E-state index in [0.717, 1.165) is 51.7 Å². The molecule has 0 saturated carbocycles. The van der Waals surface area contributed by atoms with Crippen molar-refractivity contribution in [2.45, 2.75) is 94.7 Å². The third-order valence-electron chi connectivity index (χ3n) is 16.8. The number of hydrogen-bond donors (Lipinski definition) is 2. The second-order valence-corrected chi connectivity index (χ2v) is 23.2. The zero-order valence-corrected chi connectivity index (χ0v) is 50.1. The number of halogens is 7. The van der Waals surface area contributed by atoms with E-state index < -0.39 is 90.6 Å². The molecule has 6 aliphatic rings. The summed E-state index contributed by atoms with van der Waals surface area (Å²) in [6.45, 7) is 4.98. The highest BCUT2D eigenvalue weighted by Gasteiger charge is 2.61. The summed E-state index contributed by atoms with van der Waals surface area (Å²) in [6.07, 6.45) is -4.72. The Morgan fingerprint density at radius 1 is 0.585 bits per heavy atom. The molecule has 3 N–H and O–H groups in total. The maximum Gasteiger partial charge on any atom is 0.417 e. The molecule has 4 fully saturated rings. The number of anilines is 3. The average molecular weight is 1270 g/mol. The summed E-state index contributed by atoms with van der Waals surface area (Å²) in [5.41, 5.74) is 11.1. The molecule has 0 bridgehead atoms. The Labute approximate surface area is 547 Å². The largest absolute Gasteiger partial charge is 0.435 e. The second-order valence-electron chi connectivity index (χ2n) is 23.2. The second kappa shape index (κ2) is 27.7. The van der Waals surface area contributed by atoms with Gasteiger partial charge in [-0.05, 0) is 110 Å². The lowest BCUT2D eigenvalue weighted by atomic mass is 8.58. The summed E-state index contributed by atoms with van der Waals surface area (Å²) >= 11 is 0. The zero-order valence-electron chi connectivity index (χ0n) is 50.1. The van der Waals surface area contributed by atoms with E-state index in [-0.39, 0.29) is 25.3 Å². The molecule has 466 valence electrons. The topological polar surface area (TPSA) is 203 Å². The third-order valence-corrected chi connectivity index (χ3v) is 16.8. The Morgan fingerprint density at radius 3 is 1.40 bits per heavy atom. The van der Waals surface area contributed by atoms with Crippen LogP contribution in [0.2, 0.25) is 0 Å². The Morgan fingerprint density at radius 2 is 1.01 bits per heavy atom. The number of rotatable bonds is 11. The first-order valence-electron chi connectivity index (χ1n) is 29.5. The molecular formula is C59H55B10F7N12O6. The monoisotopic (exact) mass is 1270 g/mol. The number of alkyl halides is 6. The van der Waals surface area contributed by atoms with Crippen LogP contribution in [0.1, 0.15) is 102 Å². The fraction of sp³-hybridized carbons (Fsp3) is 0.322. The number of ether oxygens (including phenoxy) is 4. The molecule has 4 aromatic carbocycles. The van der Waals surface area contributed by atoms with Crippen LogP contribution >= 0.6 is 0 Å². The van der Waals surface area contributed by atoms with E-state index in [2.05, 4.69) is 35.2 Å². The Bertz CT molecular complexity index is 3990. The summed E-state index contributed by atoms with van der Waals surface area (Å²) < 4.78 is 117. The fourth-order valence-electron chi connectivity index (χ4n) is 12.3. The zero-order chi connectivity index (χ0) is 66.3. The van der Waals surface area contributed by atoms with Gasteiger partial charge in [0.25, 0.3) is 0 Å². The number of benzene rings is 4. The van der Waals surface area contributed by atoms with Gasteiger partial charge in [0.1, 0.15) is 23.7 Å². The van der Waals surface area contributed by atoms with E-state index in [0.29, 0.717) is 80.7 Å². The number of nitrogens with one attached hydrogen (secondary N) is 1. The first kappa shape index (κ1) is 68.7. The van der Waals surface area contributed by atoms with Gasteiger partial charge in [0.05, 0.1) is 67.6 Å². The lowest BCUT2D eigenvalue weighted by molar-refractivity contribution is -0.170. The summed E-state index contributed by atoms with van der Waals surface area (Å²) in [6, 6.07) is 28.6. The number of amides is 2. The van der Waals surface area contributed by atoms with E-state index in [9.17, 15) is 40.3 Å². The smallest absolute Gasteiger partial charge is 0.417 e. The van der Waals surface area contributed by atoms with Crippen LogP contribution < -0.4 is 20.9 Å². The molecular weight excluding hydrogens is 1210 g/mol. The number of aryl methyl sites for hydroxylation is 2. The number of nitrogens with zero attached hydrogens (tertiary/aromatic N) is 10. The molecule has 35 heteroatoms. The van der Waals surface area contributed by atoms with Crippen LogP contribution in [0.4, 0.5) is 57.9 Å². The van der Waals surface area contributed by atoms with Gasteiger partial charge in [0, 0.05) is 113 Å². The molecule has 4 aromatic heterocycles. The van der Waals surface area contributed by atoms with E-state index >= 15 is 0 Å². The molecule has 8 aromatic rings. The van der Waals surface area contributed by atoms with Crippen LogP contribution in [-0.2, 0) is 57.0 Å². The van der Waals surface area contributed by atoms with E-state index in [1.807, 2.05) is 83.6 Å². The summed E-state index contributed by atoms with van der Waals surface area (Å²) in [5, 5.41) is 3.28. The standard InChI is InChI=1S/C29H25F3N6O3.C15H12FN3O3.C14H14F3N3.CH4.B10/c1-17(24-22-9-7-19-13-20(29(30,31)32)8-10-21(19)37(22)16-34-24)35-26-33-12-11-23(36-26)38-25(18-5-3-2-4-6-18)28(14-40-15-28)41-27(38)39;16-13-17-7-6-11(18-13)19-12(10-4-2-1-3-5-10)15(8-21-9-15)22-14(19)20;1-8(18)13-12-4-2-9-6-10(14(15,16)17)3-5-11(9)20(12)7-19-13;;1-7(2)10(8(3)4)9(5)6/h2-6,8,10-13,16-17,25H,7,9,14-15H2,1H3,(H,33,35,36);1-7,12H,8-9H2;3,5-8H,2,4,18H2,1H3;1H4;/t17-,25-;12-;8-;;/m000../s1. The van der Waals surface area contributed by atoms with Crippen molar-refractivity contribution in [3.8, 4) is 11.4 Å². The molecule has 18 nitrogen and oxygen atoms in total. The molecule has 4 saturated heterocycles. The van der Waals surface area contributed by atoms with Gasteiger partial charge in [0.15, 0.2) is 11.2 Å². The highest BCUT2D eigenvalue weighted by Crippen LogP contribution is 2.49. The van der Waals surface area contributed by atoms with Crippen LogP contribution in [0, 0.1) is 6.08 Å². The predicted octanol–water partition coefficient (Wildman–Crippen LogP) is 7.34.